The number of nitrogens with zero attached hydrogens (tertiary/aromatic N) is 6. The maximum absolute atomic E-state index is 5.76. The van der Waals surface area contributed by atoms with Gasteiger partial charge in [-0.25, -0.2) is 9.97 Å². The second-order valence-electron chi connectivity index (χ2n) is 8.83. The van der Waals surface area contributed by atoms with Gasteiger partial charge in [0, 0.05) is 38.6 Å². The Labute approximate surface area is 183 Å². The molecule has 1 aliphatic carbocycles. The zero-order valence-corrected chi connectivity index (χ0v) is 18.2. The Balaban J connectivity index is 1.29. The van der Waals surface area contributed by atoms with Crippen molar-refractivity contribution >= 4 is 5.95 Å². The van der Waals surface area contributed by atoms with Crippen molar-refractivity contribution in [1.82, 2.24) is 25.0 Å². The molecule has 1 saturated carbocycles. The van der Waals surface area contributed by atoms with Crippen LogP contribution in [0.2, 0.25) is 0 Å². The van der Waals surface area contributed by atoms with Crippen molar-refractivity contribution in [2.75, 3.05) is 31.1 Å². The van der Waals surface area contributed by atoms with Gasteiger partial charge in [0.05, 0.1) is 12.0 Å². The van der Waals surface area contributed by atoms with Gasteiger partial charge in [-0.2, -0.15) is 4.98 Å². The topological polar surface area (TPSA) is 71.2 Å². The summed E-state index contributed by atoms with van der Waals surface area (Å²) < 4.78 is 5.76. The van der Waals surface area contributed by atoms with E-state index in [-0.39, 0.29) is 5.41 Å². The second kappa shape index (κ2) is 8.75. The first-order chi connectivity index (χ1) is 15.2. The predicted octanol–water partition coefficient (Wildman–Crippen LogP) is 3.74. The van der Waals surface area contributed by atoms with Gasteiger partial charge in [0.15, 0.2) is 5.82 Å². The summed E-state index contributed by atoms with van der Waals surface area (Å²) >= 11 is 0. The molecule has 0 amide bonds. The van der Waals surface area contributed by atoms with E-state index in [2.05, 4.69) is 56.1 Å². The van der Waals surface area contributed by atoms with E-state index in [9.17, 15) is 0 Å². The molecule has 31 heavy (non-hydrogen) atoms. The van der Waals surface area contributed by atoms with Crippen LogP contribution in [-0.2, 0) is 12.0 Å². The normalized spacial score (nSPS) is 19.5. The van der Waals surface area contributed by atoms with E-state index in [1.807, 2.05) is 6.07 Å². The molecule has 2 aliphatic rings. The number of benzene rings is 1. The smallest absolute Gasteiger partial charge is 0.240 e. The Morgan fingerprint density at radius 3 is 2.48 bits per heavy atom. The van der Waals surface area contributed by atoms with E-state index in [4.69, 9.17) is 9.51 Å². The Morgan fingerprint density at radius 2 is 1.71 bits per heavy atom. The molecule has 3 aromatic rings. The highest BCUT2D eigenvalue weighted by Crippen LogP contribution is 2.45. The van der Waals surface area contributed by atoms with Crippen molar-refractivity contribution in [3.8, 4) is 0 Å². The van der Waals surface area contributed by atoms with Crippen molar-refractivity contribution in [1.29, 1.82) is 0 Å². The fourth-order valence-electron chi connectivity index (χ4n) is 4.98. The first-order valence-electron chi connectivity index (χ1n) is 11.4. The molecule has 0 atom stereocenters. The zero-order chi connectivity index (χ0) is 21.1. The number of rotatable bonds is 5. The molecule has 5 rings (SSSR count). The van der Waals surface area contributed by atoms with Gasteiger partial charge >= 0.3 is 0 Å². The zero-order valence-electron chi connectivity index (χ0n) is 18.2. The van der Waals surface area contributed by atoms with Crippen LogP contribution in [0.15, 0.2) is 47.2 Å². The molecule has 0 spiro atoms. The Hall–Kier alpha value is -2.80. The van der Waals surface area contributed by atoms with Crippen LogP contribution in [0.5, 0.6) is 0 Å². The summed E-state index contributed by atoms with van der Waals surface area (Å²) in [4.78, 5) is 18.4. The number of anilines is 1. The monoisotopic (exact) mass is 418 g/mol. The molecular weight excluding hydrogens is 388 g/mol. The van der Waals surface area contributed by atoms with Crippen LogP contribution in [0.3, 0.4) is 0 Å². The van der Waals surface area contributed by atoms with Gasteiger partial charge in [-0.15, -0.1) is 0 Å². The quantitative estimate of drug-likeness (QED) is 0.625. The van der Waals surface area contributed by atoms with Crippen LogP contribution < -0.4 is 4.90 Å². The summed E-state index contributed by atoms with van der Waals surface area (Å²) in [5.41, 5.74) is 2.49. The van der Waals surface area contributed by atoms with E-state index in [0.717, 1.165) is 63.1 Å². The predicted molar refractivity (Wildman–Crippen MR) is 119 cm³/mol. The summed E-state index contributed by atoms with van der Waals surface area (Å²) in [5, 5.41) is 4.48. The first-order valence-corrected chi connectivity index (χ1v) is 11.4. The van der Waals surface area contributed by atoms with Gasteiger partial charge in [0.2, 0.25) is 11.8 Å². The van der Waals surface area contributed by atoms with Crippen molar-refractivity contribution in [2.45, 2.75) is 51.0 Å². The highest BCUT2D eigenvalue weighted by molar-refractivity contribution is 5.35. The summed E-state index contributed by atoms with van der Waals surface area (Å²) in [6.45, 7) is 6.62. The lowest BCUT2D eigenvalue weighted by Crippen LogP contribution is -2.31. The maximum atomic E-state index is 5.76. The van der Waals surface area contributed by atoms with Gasteiger partial charge in [0.1, 0.15) is 0 Å². The Kier molecular flexibility index (Phi) is 5.68. The van der Waals surface area contributed by atoms with Gasteiger partial charge in [0.25, 0.3) is 0 Å². The van der Waals surface area contributed by atoms with E-state index in [0.29, 0.717) is 6.54 Å². The lowest BCUT2D eigenvalue weighted by molar-refractivity contribution is 0.239. The van der Waals surface area contributed by atoms with Gasteiger partial charge < -0.3 is 9.42 Å². The molecule has 2 fully saturated rings. The molecule has 1 saturated heterocycles. The highest BCUT2D eigenvalue weighted by atomic mass is 16.5. The molecule has 1 aromatic carbocycles. The van der Waals surface area contributed by atoms with E-state index in [1.54, 1.807) is 12.4 Å². The fourth-order valence-corrected chi connectivity index (χ4v) is 4.98. The third-order valence-corrected chi connectivity index (χ3v) is 6.74. The van der Waals surface area contributed by atoms with E-state index < -0.39 is 0 Å². The molecule has 0 radical (unpaired) electrons. The van der Waals surface area contributed by atoms with Crippen LogP contribution in [0.25, 0.3) is 0 Å². The van der Waals surface area contributed by atoms with Crippen molar-refractivity contribution in [3.63, 3.8) is 0 Å². The summed E-state index contributed by atoms with van der Waals surface area (Å²) in [6.07, 6.45) is 9.26. The fraction of sp³-hybridized carbons (Fsp3) is 0.500. The first kappa shape index (κ1) is 20.1. The summed E-state index contributed by atoms with van der Waals surface area (Å²) in [5.74, 6) is 2.39. The Morgan fingerprint density at radius 1 is 0.935 bits per heavy atom. The van der Waals surface area contributed by atoms with Gasteiger partial charge in [-0.1, -0.05) is 47.8 Å². The maximum Gasteiger partial charge on any atom is 0.240 e. The molecule has 0 N–H and O–H groups in total. The van der Waals surface area contributed by atoms with Crippen LogP contribution >= 0.6 is 0 Å². The van der Waals surface area contributed by atoms with Crippen LogP contribution in [0, 0.1) is 6.92 Å². The molecule has 7 heteroatoms. The molecular formula is C24H30N6O. The number of aromatic nitrogens is 4. The molecule has 0 bridgehead atoms. The summed E-state index contributed by atoms with van der Waals surface area (Å²) in [7, 11) is 0. The van der Waals surface area contributed by atoms with Crippen molar-refractivity contribution in [2.24, 2.45) is 0 Å². The highest BCUT2D eigenvalue weighted by Gasteiger charge is 2.41. The largest absolute Gasteiger partial charge is 0.339 e. The SMILES string of the molecule is Cc1ccc(C2(c3noc(CN4CCCN(c5ncccn5)CC4)n3)CCCC2)cc1. The minimum Gasteiger partial charge on any atom is -0.339 e. The number of hydrogen-bond donors (Lipinski definition) is 0. The Bertz CT molecular complexity index is 981. The third kappa shape index (κ3) is 4.19. The minimum atomic E-state index is -0.102. The molecule has 1 aliphatic heterocycles. The van der Waals surface area contributed by atoms with Crippen molar-refractivity contribution < 1.29 is 4.52 Å². The summed E-state index contributed by atoms with van der Waals surface area (Å²) in [6, 6.07) is 10.7. The van der Waals surface area contributed by atoms with Crippen LogP contribution in [0.1, 0.15) is 54.9 Å². The molecule has 2 aromatic heterocycles. The standard InChI is InChI=1S/C24H30N6O/c1-19-6-8-20(9-7-19)24(10-2-3-11-24)22-27-21(31-28-22)18-29-14-5-15-30(17-16-29)23-25-12-4-13-26-23/h4,6-9,12-13H,2-3,5,10-11,14-18H2,1H3. The van der Waals surface area contributed by atoms with E-state index >= 15 is 0 Å². The van der Waals surface area contributed by atoms with Gasteiger partial charge in [-0.3, -0.25) is 4.90 Å². The van der Waals surface area contributed by atoms with Gasteiger partial charge in [-0.05, 0) is 37.8 Å². The number of hydrogen-bond acceptors (Lipinski definition) is 7. The molecule has 162 valence electrons. The minimum absolute atomic E-state index is 0.102. The lowest BCUT2D eigenvalue weighted by Gasteiger charge is -2.26. The third-order valence-electron chi connectivity index (χ3n) is 6.74. The molecule has 0 unspecified atom stereocenters. The van der Waals surface area contributed by atoms with Crippen molar-refractivity contribution in [3.05, 3.63) is 65.6 Å². The molecule has 7 nitrogen and oxygen atoms in total. The van der Waals surface area contributed by atoms with E-state index in [1.165, 1.54) is 24.0 Å². The van der Waals surface area contributed by atoms with Crippen LogP contribution in [-0.4, -0.2) is 51.2 Å². The second-order valence-corrected chi connectivity index (χ2v) is 8.83. The number of aryl methyl sites for hydroxylation is 1. The molecule has 3 heterocycles. The van der Waals surface area contributed by atoms with Crippen LogP contribution in [0.4, 0.5) is 5.95 Å². The average Bonchev–Trinajstić information content (AvgIpc) is 3.42. The lowest BCUT2D eigenvalue weighted by atomic mass is 9.78. The average molecular weight is 419 g/mol.